The van der Waals surface area contributed by atoms with Crippen LogP contribution in [0, 0.1) is 11.6 Å². The molecule has 1 atom stereocenters. The number of carbonyl (C=O) groups is 2. The first kappa shape index (κ1) is 24.1. The monoisotopic (exact) mass is 486 g/mol. The summed E-state index contributed by atoms with van der Waals surface area (Å²) in [6.45, 7) is 2.08. The van der Waals surface area contributed by atoms with E-state index in [-0.39, 0.29) is 15.6 Å². The van der Waals surface area contributed by atoms with E-state index in [1.165, 1.54) is 29.4 Å². The molecule has 0 radical (unpaired) electrons. The molecule has 0 aliphatic carbocycles. The van der Waals surface area contributed by atoms with E-state index in [1.54, 1.807) is 0 Å². The second-order valence-corrected chi connectivity index (χ2v) is 9.61. The highest BCUT2D eigenvalue weighted by molar-refractivity contribution is 7.89. The summed E-state index contributed by atoms with van der Waals surface area (Å²) >= 11 is 6.10. The van der Waals surface area contributed by atoms with Gasteiger partial charge < -0.3 is 10.1 Å². The number of esters is 1. The standard InChI is InChI=1S/C21H21ClF2N2O5S/c1-13(31-21(28)16-7-5-14(23)11-18(16)24)20(27)25-19-12-15(6-8-17(19)22)32(29,30)26-9-3-2-4-10-26/h5-8,11-13H,2-4,9-10H2,1H3,(H,25,27)/t13-/m1/s1. The number of hydrogen-bond donors (Lipinski definition) is 1. The van der Waals surface area contributed by atoms with Gasteiger partial charge in [-0.2, -0.15) is 4.31 Å². The van der Waals surface area contributed by atoms with Gasteiger partial charge in [-0.3, -0.25) is 4.79 Å². The predicted molar refractivity (Wildman–Crippen MR) is 114 cm³/mol. The van der Waals surface area contributed by atoms with Crippen LogP contribution in [0.1, 0.15) is 36.5 Å². The number of halogens is 3. The molecule has 0 unspecified atom stereocenters. The minimum atomic E-state index is -3.75. The molecule has 0 spiro atoms. The Balaban J connectivity index is 1.72. The number of carbonyl (C=O) groups excluding carboxylic acids is 2. The van der Waals surface area contributed by atoms with Crippen LogP contribution in [0.2, 0.25) is 5.02 Å². The first-order valence-electron chi connectivity index (χ1n) is 9.86. The first-order valence-corrected chi connectivity index (χ1v) is 11.7. The van der Waals surface area contributed by atoms with Crippen LogP contribution >= 0.6 is 11.6 Å². The molecule has 0 aromatic heterocycles. The summed E-state index contributed by atoms with van der Waals surface area (Å²) in [5.41, 5.74) is -0.510. The highest BCUT2D eigenvalue weighted by atomic mass is 35.5. The Labute approximate surface area is 189 Å². The van der Waals surface area contributed by atoms with Crippen LogP contribution in [-0.4, -0.2) is 43.8 Å². The minimum absolute atomic E-state index is 0.0191. The molecule has 0 bridgehead atoms. The fourth-order valence-corrected chi connectivity index (χ4v) is 4.89. The van der Waals surface area contributed by atoms with E-state index in [9.17, 15) is 26.8 Å². The number of sulfonamides is 1. The molecular formula is C21H21ClF2N2O5S. The summed E-state index contributed by atoms with van der Waals surface area (Å²) in [4.78, 5) is 24.5. The number of hydrogen-bond acceptors (Lipinski definition) is 5. The Morgan fingerprint density at radius 3 is 2.44 bits per heavy atom. The number of benzene rings is 2. The fourth-order valence-electron chi connectivity index (χ4n) is 3.18. The lowest BCUT2D eigenvalue weighted by atomic mass is 10.2. The topological polar surface area (TPSA) is 92.8 Å². The van der Waals surface area contributed by atoms with Crippen LogP contribution in [0.3, 0.4) is 0 Å². The Morgan fingerprint density at radius 1 is 1.09 bits per heavy atom. The Bertz CT molecular complexity index is 1140. The van der Waals surface area contributed by atoms with Crippen LogP contribution in [0.4, 0.5) is 14.5 Å². The van der Waals surface area contributed by atoms with Gasteiger partial charge in [0, 0.05) is 19.2 Å². The average molecular weight is 487 g/mol. The highest BCUT2D eigenvalue weighted by Gasteiger charge is 2.27. The zero-order valence-corrected chi connectivity index (χ0v) is 18.7. The molecule has 11 heteroatoms. The van der Waals surface area contributed by atoms with E-state index in [2.05, 4.69) is 5.32 Å². The molecule has 7 nitrogen and oxygen atoms in total. The largest absolute Gasteiger partial charge is 0.449 e. The Kier molecular flexibility index (Phi) is 7.47. The second-order valence-electron chi connectivity index (χ2n) is 7.27. The van der Waals surface area contributed by atoms with Crippen LogP contribution in [0.25, 0.3) is 0 Å². The van der Waals surface area contributed by atoms with Crippen LogP contribution in [-0.2, 0) is 19.6 Å². The fraction of sp³-hybridized carbons (Fsp3) is 0.333. The molecular weight excluding hydrogens is 466 g/mol. The number of anilines is 1. The Hall–Kier alpha value is -2.56. The lowest BCUT2D eigenvalue weighted by Gasteiger charge is -2.26. The Morgan fingerprint density at radius 2 is 1.78 bits per heavy atom. The van der Waals surface area contributed by atoms with E-state index in [0.29, 0.717) is 19.2 Å². The highest BCUT2D eigenvalue weighted by Crippen LogP contribution is 2.28. The SMILES string of the molecule is C[C@@H](OC(=O)c1ccc(F)cc1F)C(=O)Nc1cc(S(=O)(=O)N2CCCCC2)ccc1Cl. The molecule has 3 rings (SSSR count). The maximum Gasteiger partial charge on any atom is 0.341 e. The van der Waals surface area contributed by atoms with Gasteiger partial charge in [0.2, 0.25) is 10.0 Å². The molecule has 1 aliphatic rings. The molecule has 1 heterocycles. The summed E-state index contributed by atoms with van der Waals surface area (Å²) in [6, 6.07) is 6.25. The average Bonchev–Trinajstić information content (AvgIpc) is 2.75. The lowest BCUT2D eigenvalue weighted by Crippen LogP contribution is -2.35. The molecule has 0 saturated carbocycles. The second kappa shape index (κ2) is 9.93. The van der Waals surface area contributed by atoms with Gasteiger partial charge >= 0.3 is 5.97 Å². The van der Waals surface area contributed by atoms with E-state index in [1.807, 2.05) is 0 Å². The van der Waals surface area contributed by atoms with Crippen LogP contribution < -0.4 is 5.32 Å². The summed E-state index contributed by atoms with van der Waals surface area (Å²) in [5.74, 6) is -3.95. The summed E-state index contributed by atoms with van der Waals surface area (Å²) in [5, 5.41) is 2.50. The van der Waals surface area contributed by atoms with Crippen molar-refractivity contribution < 1.29 is 31.5 Å². The molecule has 2 aromatic carbocycles. The number of ether oxygens (including phenoxy) is 1. The van der Waals surface area contributed by atoms with Gasteiger partial charge in [-0.15, -0.1) is 0 Å². The van der Waals surface area contributed by atoms with E-state index in [4.69, 9.17) is 16.3 Å². The summed E-state index contributed by atoms with van der Waals surface area (Å²) < 4.78 is 58.8. The van der Waals surface area contributed by atoms with E-state index in [0.717, 1.165) is 31.4 Å². The molecule has 32 heavy (non-hydrogen) atoms. The number of piperidine rings is 1. The van der Waals surface area contributed by atoms with E-state index < -0.39 is 45.2 Å². The third-order valence-corrected chi connectivity index (χ3v) is 7.18. The van der Waals surface area contributed by atoms with Gasteiger partial charge in [0.1, 0.15) is 11.6 Å². The van der Waals surface area contributed by atoms with Gasteiger partial charge in [0.25, 0.3) is 5.91 Å². The molecule has 1 aliphatic heterocycles. The molecule has 1 amide bonds. The third kappa shape index (κ3) is 5.43. The number of amides is 1. The van der Waals surface area contributed by atoms with Crippen molar-refractivity contribution in [3.05, 3.63) is 58.6 Å². The quantitative estimate of drug-likeness (QED) is 0.623. The van der Waals surface area contributed by atoms with Gasteiger partial charge in [-0.25, -0.2) is 22.0 Å². The van der Waals surface area contributed by atoms with Crippen molar-refractivity contribution >= 4 is 39.2 Å². The first-order chi connectivity index (χ1) is 15.1. The van der Waals surface area contributed by atoms with Crippen molar-refractivity contribution in [2.75, 3.05) is 18.4 Å². The molecule has 172 valence electrons. The number of nitrogens with one attached hydrogen (secondary N) is 1. The molecule has 1 N–H and O–H groups in total. The van der Waals surface area contributed by atoms with Crippen molar-refractivity contribution in [2.24, 2.45) is 0 Å². The molecule has 1 fully saturated rings. The van der Waals surface area contributed by atoms with Crippen LogP contribution in [0.5, 0.6) is 0 Å². The minimum Gasteiger partial charge on any atom is -0.449 e. The summed E-state index contributed by atoms with van der Waals surface area (Å²) in [6.07, 6.45) is 1.14. The zero-order valence-electron chi connectivity index (χ0n) is 17.1. The zero-order chi connectivity index (χ0) is 23.5. The van der Waals surface area contributed by atoms with Gasteiger partial charge in [-0.1, -0.05) is 18.0 Å². The van der Waals surface area contributed by atoms with Gasteiger partial charge in [-0.05, 0) is 50.1 Å². The predicted octanol–water partition coefficient (Wildman–Crippen LogP) is 3.98. The van der Waals surface area contributed by atoms with Crippen molar-refractivity contribution in [2.45, 2.75) is 37.2 Å². The maximum atomic E-state index is 13.7. The van der Waals surface area contributed by atoms with Gasteiger partial charge in [0.05, 0.1) is 21.2 Å². The number of nitrogens with zero attached hydrogens (tertiary/aromatic N) is 1. The number of rotatable bonds is 6. The smallest absolute Gasteiger partial charge is 0.341 e. The molecule has 1 saturated heterocycles. The maximum absolute atomic E-state index is 13.7. The van der Waals surface area contributed by atoms with Crippen molar-refractivity contribution in [1.82, 2.24) is 4.31 Å². The molecule has 2 aromatic rings. The lowest BCUT2D eigenvalue weighted by molar-refractivity contribution is -0.123. The van der Waals surface area contributed by atoms with Crippen molar-refractivity contribution in [1.29, 1.82) is 0 Å². The van der Waals surface area contributed by atoms with Crippen LogP contribution in [0.15, 0.2) is 41.3 Å². The summed E-state index contributed by atoms with van der Waals surface area (Å²) in [7, 11) is -3.75. The van der Waals surface area contributed by atoms with Gasteiger partial charge in [0.15, 0.2) is 6.10 Å². The third-order valence-electron chi connectivity index (χ3n) is 4.95. The van der Waals surface area contributed by atoms with Crippen molar-refractivity contribution in [3.63, 3.8) is 0 Å². The normalized spacial score (nSPS) is 15.8. The van der Waals surface area contributed by atoms with Crippen molar-refractivity contribution in [3.8, 4) is 0 Å². The van der Waals surface area contributed by atoms with E-state index >= 15 is 0 Å².